The smallest absolute Gasteiger partial charge is 0.191 e. The van der Waals surface area contributed by atoms with Gasteiger partial charge in [0.1, 0.15) is 5.65 Å². The van der Waals surface area contributed by atoms with Gasteiger partial charge in [-0.3, -0.25) is 0 Å². The van der Waals surface area contributed by atoms with Crippen molar-refractivity contribution in [1.29, 1.82) is 0 Å². The van der Waals surface area contributed by atoms with E-state index in [-0.39, 0.29) is 6.10 Å². The Kier molecular flexibility index (Phi) is 3.79. The third-order valence-electron chi connectivity index (χ3n) is 3.62. The summed E-state index contributed by atoms with van der Waals surface area (Å²) in [4.78, 5) is 11.1. The summed E-state index contributed by atoms with van der Waals surface area (Å²) >= 11 is 0. The molecule has 1 unspecified atom stereocenters. The zero-order valence-electron chi connectivity index (χ0n) is 12.5. The molecule has 0 bridgehead atoms. The lowest BCUT2D eigenvalue weighted by Gasteiger charge is -2.31. The molecule has 1 saturated heterocycles. The molecule has 0 saturated carbocycles. The highest BCUT2D eigenvalue weighted by molar-refractivity contribution is 5.78. The van der Waals surface area contributed by atoms with Crippen molar-refractivity contribution in [1.82, 2.24) is 14.3 Å². The highest BCUT2D eigenvalue weighted by atomic mass is 16.5. The number of hydrogen-bond donors (Lipinski definition) is 1. The first-order valence-corrected chi connectivity index (χ1v) is 7.22. The predicted octanol–water partition coefficient (Wildman–Crippen LogP) is 1.18. The standard InChI is InChI=1S/C15H21N5O/c1-11-3-4-14-18-13(10-20(14)8-11)7-17-15(16)19-5-6-21-12(2)9-19/h3-4,8,10,12H,5-7,9H2,1-2H3,(H2,16,17). The van der Waals surface area contributed by atoms with Crippen LogP contribution in [0.25, 0.3) is 5.65 Å². The van der Waals surface area contributed by atoms with E-state index in [0.717, 1.165) is 24.4 Å². The molecule has 2 aromatic rings. The number of hydrogen-bond acceptors (Lipinski definition) is 3. The molecule has 112 valence electrons. The van der Waals surface area contributed by atoms with Gasteiger partial charge in [-0.05, 0) is 25.5 Å². The van der Waals surface area contributed by atoms with Gasteiger partial charge in [-0.15, -0.1) is 0 Å². The molecule has 2 N–H and O–H groups in total. The van der Waals surface area contributed by atoms with Gasteiger partial charge in [0, 0.05) is 25.5 Å². The predicted molar refractivity (Wildman–Crippen MR) is 82.2 cm³/mol. The van der Waals surface area contributed by atoms with Crippen LogP contribution in [0, 0.1) is 6.92 Å². The van der Waals surface area contributed by atoms with E-state index in [1.54, 1.807) is 0 Å². The fraction of sp³-hybridized carbons (Fsp3) is 0.467. The number of nitrogens with two attached hydrogens (primary N) is 1. The minimum atomic E-state index is 0.200. The second-order valence-corrected chi connectivity index (χ2v) is 5.51. The Bertz CT molecular complexity index is 663. The van der Waals surface area contributed by atoms with Crippen LogP contribution < -0.4 is 5.73 Å². The van der Waals surface area contributed by atoms with Crippen LogP contribution >= 0.6 is 0 Å². The summed E-state index contributed by atoms with van der Waals surface area (Å²) in [6, 6.07) is 4.06. The highest BCUT2D eigenvalue weighted by Crippen LogP contribution is 2.09. The Morgan fingerprint density at radius 1 is 1.48 bits per heavy atom. The summed E-state index contributed by atoms with van der Waals surface area (Å²) in [7, 11) is 0. The van der Waals surface area contributed by atoms with Crippen molar-refractivity contribution in [2.24, 2.45) is 10.7 Å². The number of imidazole rings is 1. The summed E-state index contributed by atoms with van der Waals surface area (Å²) in [5.41, 5.74) is 9.12. The zero-order valence-corrected chi connectivity index (χ0v) is 12.5. The maximum absolute atomic E-state index is 6.06. The van der Waals surface area contributed by atoms with Crippen LogP contribution in [0.2, 0.25) is 0 Å². The van der Waals surface area contributed by atoms with Crippen LogP contribution in [0.15, 0.2) is 29.5 Å². The zero-order chi connectivity index (χ0) is 14.8. The van der Waals surface area contributed by atoms with Gasteiger partial charge >= 0.3 is 0 Å². The molecule has 3 rings (SSSR count). The minimum Gasteiger partial charge on any atom is -0.375 e. The number of ether oxygens (including phenoxy) is 1. The molecule has 0 aromatic carbocycles. The average Bonchev–Trinajstić information content (AvgIpc) is 2.86. The Hall–Kier alpha value is -2.08. The van der Waals surface area contributed by atoms with Crippen LogP contribution in [0.1, 0.15) is 18.2 Å². The molecule has 1 aliphatic heterocycles. The average molecular weight is 287 g/mol. The van der Waals surface area contributed by atoms with Crippen molar-refractivity contribution >= 4 is 11.6 Å². The van der Waals surface area contributed by atoms with Crippen LogP contribution in [0.3, 0.4) is 0 Å². The summed E-state index contributed by atoms with van der Waals surface area (Å²) in [5.74, 6) is 0.568. The first-order chi connectivity index (χ1) is 10.1. The van der Waals surface area contributed by atoms with Crippen LogP contribution in [0.4, 0.5) is 0 Å². The van der Waals surface area contributed by atoms with Crippen LogP contribution in [-0.4, -0.2) is 46.0 Å². The van der Waals surface area contributed by atoms with Crippen molar-refractivity contribution in [2.45, 2.75) is 26.5 Å². The van der Waals surface area contributed by atoms with Gasteiger partial charge in [0.25, 0.3) is 0 Å². The Morgan fingerprint density at radius 3 is 3.14 bits per heavy atom. The topological polar surface area (TPSA) is 68.1 Å². The Labute approximate surface area is 124 Å². The minimum absolute atomic E-state index is 0.200. The van der Waals surface area contributed by atoms with Gasteiger partial charge in [-0.2, -0.15) is 0 Å². The third-order valence-corrected chi connectivity index (χ3v) is 3.62. The number of nitrogens with zero attached hydrogens (tertiary/aromatic N) is 4. The number of aromatic nitrogens is 2. The van der Waals surface area contributed by atoms with Crippen molar-refractivity contribution in [2.75, 3.05) is 19.7 Å². The molecule has 0 spiro atoms. The lowest BCUT2D eigenvalue weighted by Crippen LogP contribution is -2.47. The van der Waals surface area contributed by atoms with E-state index >= 15 is 0 Å². The van der Waals surface area contributed by atoms with Gasteiger partial charge in [0.05, 0.1) is 24.9 Å². The summed E-state index contributed by atoms with van der Waals surface area (Å²) in [5, 5.41) is 0. The molecule has 3 heterocycles. The molecule has 0 radical (unpaired) electrons. The van der Waals surface area contributed by atoms with Crippen molar-refractivity contribution < 1.29 is 4.74 Å². The maximum Gasteiger partial charge on any atom is 0.191 e. The molecular weight excluding hydrogens is 266 g/mol. The van der Waals surface area contributed by atoms with E-state index in [2.05, 4.69) is 34.1 Å². The largest absolute Gasteiger partial charge is 0.375 e. The van der Waals surface area contributed by atoms with Gasteiger partial charge in [0.2, 0.25) is 0 Å². The van der Waals surface area contributed by atoms with Crippen molar-refractivity contribution in [3.63, 3.8) is 0 Å². The molecule has 1 fully saturated rings. The fourth-order valence-electron chi connectivity index (χ4n) is 2.52. The second kappa shape index (κ2) is 5.73. The Morgan fingerprint density at radius 2 is 2.33 bits per heavy atom. The quantitative estimate of drug-likeness (QED) is 0.665. The van der Waals surface area contributed by atoms with Crippen LogP contribution in [-0.2, 0) is 11.3 Å². The van der Waals surface area contributed by atoms with Gasteiger partial charge in [-0.1, -0.05) is 6.07 Å². The third kappa shape index (κ3) is 3.16. The number of fused-ring (bicyclic) bond motifs is 1. The normalized spacial score (nSPS) is 20.2. The first-order valence-electron chi connectivity index (χ1n) is 7.22. The lowest BCUT2D eigenvalue weighted by atomic mass is 10.3. The maximum atomic E-state index is 6.06. The molecule has 21 heavy (non-hydrogen) atoms. The monoisotopic (exact) mass is 287 g/mol. The fourth-order valence-corrected chi connectivity index (χ4v) is 2.52. The number of morpholine rings is 1. The van der Waals surface area contributed by atoms with Gasteiger partial charge in [-0.25, -0.2) is 9.98 Å². The van der Waals surface area contributed by atoms with E-state index in [0.29, 0.717) is 19.1 Å². The molecule has 1 aliphatic rings. The highest BCUT2D eigenvalue weighted by Gasteiger charge is 2.17. The van der Waals surface area contributed by atoms with Crippen molar-refractivity contribution in [3.8, 4) is 0 Å². The van der Waals surface area contributed by atoms with Crippen molar-refractivity contribution in [3.05, 3.63) is 35.8 Å². The number of rotatable bonds is 2. The molecule has 6 nitrogen and oxygen atoms in total. The number of pyridine rings is 1. The summed E-state index contributed by atoms with van der Waals surface area (Å²) in [6.45, 7) is 6.89. The van der Waals surface area contributed by atoms with E-state index < -0.39 is 0 Å². The van der Waals surface area contributed by atoms with Gasteiger partial charge < -0.3 is 19.8 Å². The van der Waals surface area contributed by atoms with E-state index in [4.69, 9.17) is 10.5 Å². The van der Waals surface area contributed by atoms with E-state index in [1.807, 2.05) is 23.6 Å². The summed E-state index contributed by atoms with van der Waals surface area (Å²) in [6.07, 6.45) is 4.26. The molecule has 0 amide bonds. The molecule has 1 atom stereocenters. The van der Waals surface area contributed by atoms with Crippen LogP contribution in [0.5, 0.6) is 0 Å². The number of aryl methyl sites for hydroxylation is 1. The molecular formula is C15H21N5O. The SMILES string of the molecule is Cc1ccc2nc(CN=C(N)N3CCOC(C)C3)cn2c1. The molecule has 6 heteroatoms. The number of guanidine groups is 1. The molecule has 2 aromatic heterocycles. The number of aliphatic imine (C=N–C) groups is 1. The second-order valence-electron chi connectivity index (χ2n) is 5.51. The van der Waals surface area contributed by atoms with E-state index in [9.17, 15) is 0 Å². The lowest BCUT2D eigenvalue weighted by molar-refractivity contribution is 0.00528. The Balaban J connectivity index is 1.71. The first kappa shape index (κ1) is 13.9. The van der Waals surface area contributed by atoms with E-state index in [1.165, 1.54) is 5.56 Å². The summed E-state index contributed by atoms with van der Waals surface area (Å²) < 4.78 is 7.53. The van der Waals surface area contributed by atoms with Gasteiger partial charge in [0.15, 0.2) is 5.96 Å². The molecule has 0 aliphatic carbocycles.